The molecule has 1 unspecified atom stereocenters. The molecule has 24 heavy (non-hydrogen) atoms. The normalized spacial score (nSPS) is 11.1. The largest absolute Gasteiger partial charge is 0.469 e. The maximum Gasteiger partial charge on any atom is 0.328 e. The van der Waals surface area contributed by atoms with E-state index >= 15 is 0 Å². The lowest BCUT2D eigenvalue weighted by Crippen LogP contribution is -2.16. The van der Waals surface area contributed by atoms with Gasteiger partial charge in [0.05, 0.1) is 13.0 Å². The zero-order valence-electron chi connectivity index (χ0n) is 13.2. The second-order valence-electron chi connectivity index (χ2n) is 4.88. The molecular formula is C17H15N3O4. The highest BCUT2D eigenvalue weighted by molar-refractivity contribution is 6.34. The number of carbonyl (C=O) groups excluding carboxylic acids is 2. The van der Waals surface area contributed by atoms with Crippen LogP contribution in [0.4, 0.5) is 0 Å². The minimum Gasteiger partial charge on any atom is -0.469 e. The van der Waals surface area contributed by atoms with E-state index in [1.807, 2.05) is 6.07 Å². The maximum absolute atomic E-state index is 12.1. The fraction of sp³-hybridized carbons (Fsp3) is 0.176. The average molecular weight is 325 g/mol. The van der Waals surface area contributed by atoms with Crippen LogP contribution in [0, 0.1) is 0 Å². The molecule has 1 aromatic heterocycles. The second kappa shape index (κ2) is 7.80. The highest BCUT2D eigenvalue weighted by Gasteiger charge is 2.24. The fourth-order valence-electron chi connectivity index (χ4n) is 2.10. The van der Waals surface area contributed by atoms with E-state index < -0.39 is 17.7 Å². The summed E-state index contributed by atoms with van der Waals surface area (Å²) in [4.78, 5) is 30.8. The van der Waals surface area contributed by atoms with E-state index in [1.165, 1.54) is 19.4 Å². The van der Waals surface area contributed by atoms with Crippen molar-refractivity contribution in [3.05, 3.63) is 59.3 Å². The standard InChI is InChI=1S/C17H15N3O4/c1-11(17(22)23-2)14-9-19-16(8-13(14)15(21)10-20-18)24-12-6-4-3-5-7-12/h3-11H,1-2H3. The molecule has 1 aromatic carbocycles. The Hall–Kier alpha value is -3.31. The molecule has 7 heteroatoms. The molecule has 0 bridgehead atoms. The molecule has 122 valence electrons. The highest BCUT2D eigenvalue weighted by Crippen LogP contribution is 2.26. The summed E-state index contributed by atoms with van der Waals surface area (Å²) in [5.74, 6) is -1.07. The van der Waals surface area contributed by atoms with Crippen molar-refractivity contribution >= 4 is 18.0 Å². The SMILES string of the molecule is COC(=O)C(C)c1cnc(Oc2ccccc2)cc1C(=O)C=[N+]=[N-]. The summed E-state index contributed by atoms with van der Waals surface area (Å²) in [6, 6.07) is 10.3. The van der Waals surface area contributed by atoms with Crippen molar-refractivity contribution in [1.82, 2.24) is 4.98 Å². The average Bonchev–Trinajstić information content (AvgIpc) is 2.61. The van der Waals surface area contributed by atoms with Gasteiger partial charge in [-0.3, -0.25) is 9.59 Å². The van der Waals surface area contributed by atoms with Crippen molar-refractivity contribution in [3.63, 3.8) is 0 Å². The summed E-state index contributed by atoms with van der Waals surface area (Å²) in [5, 5.41) is 0. The van der Waals surface area contributed by atoms with Gasteiger partial charge in [-0.15, -0.1) is 0 Å². The van der Waals surface area contributed by atoms with Gasteiger partial charge >= 0.3 is 12.2 Å². The number of hydrogen-bond acceptors (Lipinski definition) is 5. The Morgan fingerprint density at radius 3 is 2.62 bits per heavy atom. The van der Waals surface area contributed by atoms with E-state index in [1.54, 1.807) is 31.2 Å². The van der Waals surface area contributed by atoms with Crippen LogP contribution >= 0.6 is 0 Å². The van der Waals surface area contributed by atoms with E-state index in [9.17, 15) is 9.59 Å². The number of methoxy groups -OCH3 is 1. The topological polar surface area (TPSA) is 102 Å². The van der Waals surface area contributed by atoms with Gasteiger partial charge < -0.3 is 15.0 Å². The van der Waals surface area contributed by atoms with Gasteiger partial charge in [0.25, 0.3) is 5.78 Å². The van der Waals surface area contributed by atoms with Crippen LogP contribution in [-0.4, -0.2) is 34.9 Å². The van der Waals surface area contributed by atoms with Crippen molar-refractivity contribution in [2.45, 2.75) is 12.8 Å². The molecule has 0 aliphatic heterocycles. The number of benzene rings is 1. The predicted octanol–water partition coefficient (Wildman–Crippen LogP) is 2.63. The number of para-hydroxylation sites is 1. The van der Waals surface area contributed by atoms with Crippen molar-refractivity contribution in [2.75, 3.05) is 7.11 Å². The summed E-state index contributed by atoms with van der Waals surface area (Å²) in [5.41, 5.74) is 9.10. The third kappa shape index (κ3) is 3.91. The third-order valence-corrected chi connectivity index (χ3v) is 3.34. The number of Topliss-reactive ketones (excluding diaryl/α,β-unsaturated/α-hetero) is 1. The fourth-order valence-corrected chi connectivity index (χ4v) is 2.10. The molecule has 0 aliphatic carbocycles. The Labute approximate surface area is 138 Å². The van der Waals surface area contributed by atoms with Gasteiger partial charge in [-0.05, 0) is 24.6 Å². The first-order valence-corrected chi connectivity index (χ1v) is 7.09. The van der Waals surface area contributed by atoms with Crippen LogP contribution < -0.4 is 4.74 Å². The third-order valence-electron chi connectivity index (χ3n) is 3.34. The van der Waals surface area contributed by atoms with Crippen molar-refractivity contribution in [3.8, 4) is 11.6 Å². The van der Waals surface area contributed by atoms with Crippen LogP contribution in [0.25, 0.3) is 5.53 Å². The molecular weight excluding hydrogens is 310 g/mol. The minimum atomic E-state index is -0.709. The molecule has 0 radical (unpaired) electrons. The number of esters is 1. The number of hydrogen-bond donors (Lipinski definition) is 0. The van der Waals surface area contributed by atoms with Gasteiger partial charge in [-0.1, -0.05) is 18.2 Å². The van der Waals surface area contributed by atoms with Crippen LogP contribution in [0.5, 0.6) is 11.6 Å². The highest BCUT2D eigenvalue weighted by atomic mass is 16.5. The zero-order chi connectivity index (χ0) is 17.5. The van der Waals surface area contributed by atoms with Gasteiger partial charge in [-0.25, -0.2) is 4.98 Å². The number of pyridine rings is 1. The van der Waals surface area contributed by atoms with E-state index in [4.69, 9.17) is 15.0 Å². The lowest BCUT2D eigenvalue weighted by molar-refractivity contribution is -0.142. The van der Waals surface area contributed by atoms with Crippen molar-refractivity contribution in [1.29, 1.82) is 0 Å². The molecule has 1 atom stereocenters. The Bertz CT molecular complexity index is 799. The minimum absolute atomic E-state index is 0.145. The van der Waals surface area contributed by atoms with Crippen molar-refractivity contribution < 1.29 is 23.9 Å². The molecule has 2 aromatic rings. The van der Waals surface area contributed by atoms with Crippen LogP contribution in [0.15, 0.2) is 42.6 Å². The molecule has 1 heterocycles. The first kappa shape index (κ1) is 17.1. The molecule has 7 nitrogen and oxygen atoms in total. The molecule has 0 saturated carbocycles. The van der Waals surface area contributed by atoms with Crippen LogP contribution in [0.3, 0.4) is 0 Å². The molecule has 0 saturated heterocycles. The van der Waals surface area contributed by atoms with E-state index in [0.717, 1.165) is 6.21 Å². The molecule has 0 aliphatic rings. The van der Waals surface area contributed by atoms with Gasteiger partial charge in [0.15, 0.2) is 0 Å². The van der Waals surface area contributed by atoms with E-state index in [-0.39, 0.29) is 11.4 Å². The number of aromatic nitrogens is 1. The first-order chi connectivity index (χ1) is 11.6. The van der Waals surface area contributed by atoms with Crippen LogP contribution in [0.1, 0.15) is 28.8 Å². The predicted molar refractivity (Wildman–Crippen MR) is 85.2 cm³/mol. The van der Waals surface area contributed by atoms with E-state index in [0.29, 0.717) is 11.3 Å². The number of ketones is 1. The second-order valence-corrected chi connectivity index (χ2v) is 4.88. The molecule has 0 amide bonds. The Kier molecular flexibility index (Phi) is 5.54. The smallest absolute Gasteiger partial charge is 0.328 e. The van der Waals surface area contributed by atoms with Gasteiger partial charge in [0.1, 0.15) is 5.75 Å². The molecule has 0 fully saturated rings. The molecule has 0 spiro atoms. The van der Waals surface area contributed by atoms with E-state index in [2.05, 4.69) is 9.77 Å². The van der Waals surface area contributed by atoms with Crippen LogP contribution in [-0.2, 0) is 9.53 Å². The lowest BCUT2D eigenvalue weighted by Gasteiger charge is -2.13. The zero-order valence-corrected chi connectivity index (χ0v) is 13.2. The van der Waals surface area contributed by atoms with Gasteiger partial charge in [0.2, 0.25) is 5.88 Å². The van der Waals surface area contributed by atoms with Crippen LogP contribution in [0.2, 0.25) is 0 Å². The lowest BCUT2D eigenvalue weighted by atomic mass is 9.95. The Morgan fingerprint density at radius 2 is 2.00 bits per heavy atom. The number of rotatable bonds is 6. The summed E-state index contributed by atoms with van der Waals surface area (Å²) in [6.07, 6.45) is 2.12. The monoisotopic (exact) mass is 325 g/mol. The number of carbonyl (C=O) groups is 2. The maximum atomic E-state index is 12.1. The first-order valence-electron chi connectivity index (χ1n) is 7.09. The number of ether oxygens (including phenoxy) is 2. The Balaban J connectivity index is 2.43. The summed E-state index contributed by atoms with van der Waals surface area (Å²) >= 11 is 0. The van der Waals surface area contributed by atoms with Gasteiger partial charge in [0, 0.05) is 17.8 Å². The molecule has 0 N–H and O–H groups in total. The summed E-state index contributed by atoms with van der Waals surface area (Å²) in [7, 11) is 1.26. The number of nitrogens with zero attached hydrogens (tertiary/aromatic N) is 3. The molecule has 2 rings (SSSR count). The summed E-state index contributed by atoms with van der Waals surface area (Å²) < 4.78 is 10.3. The van der Waals surface area contributed by atoms with Gasteiger partial charge in [-0.2, -0.15) is 4.79 Å². The van der Waals surface area contributed by atoms with Crippen molar-refractivity contribution in [2.24, 2.45) is 0 Å². The quantitative estimate of drug-likeness (QED) is 0.267. The Morgan fingerprint density at radius 1 is 1.29 bits per heavy atom. The summed E-state index contributed by atoms with van der Waals surface area (Å²) in [6.45, 7) is 1.59.